The summed E-state index contributed by atoms with van der Waals surface area (Å²) in [6.45, 7) is 0. The Bertz CT molecular complexity index is 1170. The van der Waals surface area contributed by atoms with Crippen LogP contribution in [0, 0.1) is 0 Å². The molecule has 8 heteroatoms. The van der Waals surface area contributed by atoms with Crippen molar-refractivity contribution in [2.24, 2.45) is 0 Å². The van der Waals surface area contributed by atoms with Gasteiger partial charge in [-0.1, -0.05) is 11.6 Å². The molecule has 4 rings (SSSR count). The van der Waals surface area contributed by atoms with Gasteiger partial charge in [0, 0.05) is 16.8 Å². The Morgan fingerprint density at radius 1 is 1.06 bits per heavy atom. The Morgan fingerprint density at radius 3 is 2.42 bits per heavy atom. The van der Waals surface area contributed by atoms with E-state index in [1.54, 1.807) is 54.6 Å². The van der Waals surface area contributed by atoms with Crippen molar-refractivity contribution in [2.75, 3.05) is 19.1 Å². The van der Waals surface area contributed by atoms with Crippen molar-refractivity contribution in [3.8, 4) is 11.5 Å². The molecule has 1 aliphatic heterocycles. The first-order chi connectivity index (χ1) is 15.0. The molecule has 31 heavy (non-hydrogen) atoms. The summed E-state index contributed by atoms with van der Waals surface area (Å²) in [5.41, 5.74) is 0.570. The molecular formula is C23H18ClNO6. The number of halogens is 1. The van der Waals surface area contributed by atoms with Gasteiger partial charge in [0.15, 0.2) is 0 Å². The van der Waals surface area contributed by atoms with Crippen molar-refractivity contribution in [3.63, 3.8) is 0 Å². The highest BCUT2D eigenvalue weighted by atomic mass is 35.5. The molecule has 2 heterocycles. The second kappa shape index (κ2) is 8.20. The number of hydrogen-bond acceptors (Lipinski definition) is 6. The summed E-state index contributed by atoms with van der Waals surface area (Å²) in [6.07, 6.45) is 1.44. The van der Waals surface area contributed by atoms with Gasteiger partial charge in [-0.2, -0.15) is 0 Å². The summed E-state index contributed by atoms with van der Waals surface area (Å²) < 4.78 is 16.1. The zero-order chi connectivity index (χ0) is 22.1. The zero-order valence-corrected chi connectivity index (χ0v) is 17.4. The molecule has 3 aromatic rings. The molecule has 0 bridgehead atoms. The van der Waals surface area contributed by atoms with Crippen molar-refractivity contribution in [1.82, 2.24) is 0 Å². The largest absolute Gasteiger partial charge is 0.507 e. The van der Waals surface area contributed by atoms with Crippen molar-refractivity contribution in [2.45, 2.75) is 6.04 Å². The van der Waals surface area contributed by atoms with E-state index in [0.29, 0.717) is 22.2 Å². The van der Waals surface area contributed by atoms with Crippen LogP contribution in [-0.4, -0.2) is 31.0 Å². The monoisotopic (exact) mass is 439 g/mol. The van der Waals surface area contributed by atoms with E-state index in [-0.39, 0.29) is 22.6 Å². The van der Waals surface area contributed by atoms with Gasteiger partial charge in [-0.3, -0.25) is 14.5 Å². The predicted molar refractivity (Wildman–Crippen MR) is 114 cm³/mol. The fourth-order valence-corrected chi connectivity index (χ4v) is 3.68. The standard InChI is InChI=1S/C23H18ClNO6/c1-29-15-9-10-16(18(12-15)30-2)21(26)19-20(17-4-3-11-31-17)25(23(28)22(19)27)14-7-5-13(24)6-8-14/h3-12,20,26H,1-2H3/b21-19-. The van der Waals surface area contributed by atoms with Gasteiger partial charge in [-0.15, -0.1) is 0 Å². The highest BCUT2D eigenvalue weighted by Crippen LogP contribution is 2.43. The van der Waals surface area contributed by atoms with Crippen molar-refractivity contribution >= 4 is 34.7 Å². The molecule has 158 valence electrons. The molecule has 1 amide bonds. The number of hydrogen-bond donors (Lipinski definition) is 1. The minimum atomic E-state index is -0.969. The summed E-state index contributed by atoms with van der Waals surface area (Å²) in [4.78, 5) is 27.3. The molecule has 1 atom stereocenters. The van der Waals surface area contributed by atoms with Crippen LogP contribution < -0.4 is 14.4 Å². The molecule has 0 radical (unpaired) electrons. The van der Waals surface area contributed by atoms with Crippen molar-refractivity contribution in [1.29, 1.82) is 0 Å². The average Bonchev–Trinajstić information content (AvgIpc) is 3.40. The third-order valence-electron chi connectivity index (χ3n) is 5.03. The smallest absolute Gasteiger partial charge is 0.300 e. The first kappa shape index (κ1) is 20.6. The van der Waals surface area contributed by atoms with Gasteiger partial charge >= 0.3 is 0 Å². The van der Waals surface area contributed by atoms with E-state index in [1.165, 1.54) is 25.4 Å². The molecule has 2 aromatic carbocycles. The summed E-state index contributed by atoms with van der Waals surface area (Å²) >= 11 is 5.97. The van der Waals surface area contributed by atoms with Crippen LogP contribution in [0.4, 0.5) is 5.69 Å². The summed E-state index contributed by atoms with van der Waals surface area (Å²) in [5, 5.41) is 11.6. The van der Waals surface area contributed by atoms with Gasteiger partial charge in [-0.25, -0.2) is 0 Å². The number of anilines is 1. The van der Waals surface area contributed by atoms with Crippen LogP contribution in [0.15, 0.2) is 70.9 Å². The number of ether oxygens (including phenoxy) is 2. The molecule has 1 N–H and O–H groups in total. The zero-order valence-electron chi connectivity index (χ0n) is 16.7. The number of aliphatic hydroxyl groups excluding tert-OH is 1. The van der Waals surface area contributed by atoms with Crippen LogP contribution >= 0.6 is 11.6 Å². The fourth-order valence-electron chi connectivity index (χ4n) is 3.56. The number of carbonyl (C=O) groups is 2. The number of aliphatic hydroxyl groups is 1. The number of ketones is 1. The minimum absolute atomic E-state index is 0.113. The maximum atomic E-state index is 13.1. The van der Waals surface area contributed by atoms with E-state index in [4.69, 9.17) is 25.5 Å². The highest BCUT2D eigenvalue weighted by Gasteiger charge is 2.48. The maximum absolute atomic E-state index is 13.1. The van der Waals surface area contributed by atoms with Crippen LogP contribution in [0.5, 0.6) is 11.5 Å². The van der Waals surface area contributed by atoms with Crippen LogP contribution in [-0.2, 0) is 9.59 Å². The summed E-state index contributed by atoms with van der Waals surface area (Å²) in [6, 6.07) is 13.5. The highest BCUT2D eigenvalue weighted by molar-refractivity contribution is 6.51. The van der Waals surface area contributed by atoms with Crippen LogP contribution in [0.25, 0.3) is 5.76 Å². The van der Waals surface area contributed by atoms with E-state index < -0.39 is 17.7 Å². The van der Waals surface area contributed by atoms with E-state index in [1.807, 2.05) is 0 Å². The fraction of sp³-hybridized carbons (Fsp3) is 0.130. The number of Topliss-reactive ketones (excluding diaryl/α,β-unsaturated/α-hetero) is 1. The topological polar surface area (TPSA) is 89.2 Å². The number of rotatable bonds is 5. The van der Waals surface area contributed by atoms with Gasteiger partial charge < -0.3 is 19.0 Å². The Labute approximate surface area is 183 Å². The first-order valence-electron chi connectivity index (χ1n) is 9.28. The number of furan rings is 1. The molecule has 0 aliphatic carbocycles. The van der Waals surface area contributed by atoms with Gasteiger partial charge in [0.2, 0.25) is 0 Å². The van der Waals surface area contributed by atoms with Crippen molar-refractivity contribution in [3.05, 3.63) is 82.8 Å². The second-order valence-corrected chi connectivity index (χ2v) is 7.16. The van der Waals surface area contributed by atoms with Crippen LogP contribution in [0.3, 0.4) is 0 Å². The van der Waals surface area contributed by atoms with E-state index in [2.05, 4.69) is 0 Å². The average molecular weight is 440 g/mol. The lowest BCUT2D eigenvalue weighted by atomic mass is 9.98. The molecule has 1 unspecified atom stereocenters. The second-order valence-electron chi connectivity index (χ2n) is 6.73. The molecule has 7 nitrogen and oxygen atoms in total. The van der Waals surface area contributed by atoms with Gasteiger partial charge in [0.05, 0.1) is 31.6 Å². The summed E-state index contributed by atoms with van der Waals surface area (Å²) in [7, 11) is 2.94. The molecule has 1 aromatic heterocycles. The van der Waals surface area contributed by atoms with E-state index in [0.717, 1.165) is 0 Å². The minimum Gasteiger partial charge on any atom is -0.507 e. The third kappa shape index (κ3) is 3.53. The number of carbonyl (C=O) groups excluding carboxylic acids is 2. The number of benzene rings is 2. The molecular weight excluding hydrogens is 422 g/mol. The molecule has 0 spiro atoms. The molecule has 1 aliphatic rings. The van der Waals surface area contributed by atoms with Gasteiger partial charge in [0.25, 0.3) is 11.7 Å². The Hall–Kier alpha value is -3.71. The van der Waals surface area contributed by atoms with Crippen molar-refractivity contribution < 1.29 is 28.6 Å². The predicted octanol–water partition coefficient (Wildman–Crippen LogP) is 4.58. The van der Waals surface area contributed by atoms with Crippen LogP contribution in [0.2, 0.25) is 5.02 Å². The van der Waals surface area contributed by atoms with E-state index in [9.17, 15) is 14.7 Å². The lowest BCUT2D eigenvalue weighted by Gasteiger charge is -2.23. The maximum Gasteiger partial charge on any atom is 0.300 e. The number of methoxy groups -OCH3 is 2. The Kier molecular flexibility index (Phi) is 5.44. The third-order valence-corrected chi connectivity index (χ3v) is 5.28. The molecule has 0 saturated carbocycles. The summed E-state index contributed by atoms with van der Waals surface area (Å²) in [5.74, 6) is -0.895. The SMILES string of the molecule is COc1ccc(/C(O)=C2/C(=O)C(=O)N(c3ccc(Cl)cc3)C2c2ccco2)c(OC)c1. The van der Waals surface area contributed by atoms with Gasteiger partial charge in [-0.05, 0) is 48.5 Å². The van der Waals surface area contributed by atoms with Crippen LogP contribution in [0.1, 0.15) is 17.4 Å². The van der Waals surface area contributed by atoms with E-state index >= 15 is 0 Å². The lowest BCUT2D eigenvalue weighted by molar-refractivity contribution is -0.132. The normalized spacial score (nSPS) is 17.8. The molecule has 1 fully saturated rings. The lowest BCUT2D eigenvalue weighted by Crippen LogP contribution is -2.29. The van der Waals surface area contributed by atoms with Gasteiger partial charge in [0.1, 0.15) is 29.1 Å². The number of amides is 1. The Balaban J connectivity index is 1.93. The quantitative estimate of drug-likeness (QED) is 0.355. The molecule has 1 saturated heterocycles. The first-order valence-corrected chi connectivity index (χ1v) is 9.66. The Morgan fingerprint density at radius 2 is 1.81 bits per heavy atom. The number of nitrogens with zero attached hydrogens (tertiary/aromatic N) is 1.